The maximum Gasteiger partial charge on any atom is 0.134 e. The quantitative estimate of drug-likeness (QED) is 0.385. The standard InChI is InChI=1S/2C8H6S.C4H4N6/c2*1-2-4-8-7(3-1)5-6-9-8;1-3(7-9-5-1)4-2-6-10-8-4/h2*1-6H;1-2H,(H,5,7,9)(H,6,8,10). The van der Waals surface area contributed by atoms with Crippen LogP contribution in [0.5, 0.6) is 0 Å². The molecule has 0 saturated carbocycles. The maximum atomic E-state index is 3.73. The van der Waals surface area contributed by atoms with Crippen LogP contribution in [0.4, 0.5) is 0 Å². The Bertz CT molecular complexity index is 1060. The molecule has 0 aliphatic heterocycles. The summed E-state index contributed by atoms with van der Waals surface area (Å²) in [5, 5.41) is 26.6. The zero-order valence-corrected chi connectivity index (χ0v) is 16.3. The molecule has 0 amide bonds. The molecule has 0 aliphatic rings. The summed E-state index contributed by atoms with van der Waals surface area (Å²) in [5.41, 5.74) is 1.38. The van der Waals surface area contributed by atoms with Gasteiger partial charge in [-0.3, -0.25) is 10.2 Å². The minimum absolute atomic E-state index is 0.689. The molecule has 6 nitrogen and oxygen atoms in total. The summed E-state index contributed by atoms with van der Waals surface area (Å²) in [6.45, 7) is 0. The summed E-state index contributed by atoms with van der Waals surface area (Å²) in [4.78, 5) is 0. The van der Waals surface area contributed by atoms with Crippen LogP contribution in [-0.2, 0) is 0 Å². The summed E-state index contributed by atoms with van der Waals surface area (Å²) in [6, 6.07) is 21.1. The minimum atomic E-state index is 0.689. The Kier molecular flexibility index (Phi) is 5.81. The number of aromatic amines is 2. The van der Waals surface area contributed by atoms with E-state index < -0.39 is 0 Å². The van der Waals surface area contributed by atoms with Crippen molar-refractivity contribution in [2.75, 3.05) is 0 Å². The molecule has 28 heavy (non-hydrogen) atoms. The maximum absolute atomic E-state index is 3.73. The predicted molar refractivity (Wildman–Crippen MR) is 115 cm³/mol. The molecule has 4 aromatic heterocycles. The molecule has 0 spiro atoms. The van der Waals surface area contributed by atoms with Gasteiger partial charge in [-0.05, 0) is 45.8 Å². The average Bonchev–Trinajstić information content (AvgIpc) is 3.56. The molecule has 0 unspecified atom stereocenters. The first-order valence-corrected chi connectivity index (χ1v) is 10.2. The van der Waals surface area contributed by atoms with Crippen LogP contribution in [0.1, 0.15) is 0 Å². The largest absolute Gasteiger partial charge is 0.265 e. The topological polar surface area (TPSA) is 83.1 Å². The van der Waals surface area contributed by atoms with Crippen LogP contribution in [0, 0.1) is 0 Å². The lowest BCUT2D eigenvalue weighted by Crippen LogP contribution is -1.76. The summed E-state index contributed by atoms with van der Waals surface area (Å²) in [6.07, 6.45) is 3.30. The molecule has 0 saturated heterocycles. The Morgan fingerprint density at radius 3 is 1.43 bits per heavy atom. The van der Waals surface area contributed by atoms with Crippen LogP contribution >= 0.6 is 22.7 Å². The number of rotatable bonds is 1. The van der Waals surface area contributed by atoms with Crippen molar-refractivity contribution < 1.29 is 0 Å². The first kappa shape index (κ1) is 18.0. The molecule has 0 fully saturated rings. The fraction of sp³-hybridized carbons (Fsp3) is 0. The highest BCUT2D eigenvalue weighted by Gasteiger charge is 2.01. The zero-order valence-electron chi connectivity index (χ0n) is 14.7. The lowest BCUT2D eigenvalue weighted by Gasteiger charge is -1.82. The number of H-pyrrole nitrogens is 2. The third-order valence-electron chi connectivity index (χ3n) is 3.82. The van der Waals surface area contributed by atoms with Crippen molar-refractivity contribution in [2.45, 2.75) is 0 Å². The molecule has 0 atom stereocenters. The summed E-state index contributed by atoms with van der Waals surface area (Å²) in [5.74, 6) is 0. The fourth-order valence-electron chi connectivity index (χ4n) is 2.47. The van der Waals surface area contributed by atoms with Gasteiger partial charge in [0.1, 0.15) is 11.4 Å². The van der Waals surface area contributed by atoms with Crippen LogP contribution in [0.2, 0.25) is 0 Å². The molecular weight excluding hydrogens is 388 g/mol. The second-order valence-corrected chi connectivity index (χ2v) is 7.53. The highest BCUT2D eigenvalue weighted by atomic mass is 32.1. The van der Waals surface area contributed by atoms with E-state index >= 15 is 0 Å². The van der Waals surface area contributed by atoms with Crippen LogP contribution < -0.4 is 0 Å². The van der Waals surface area contributed by atoms with E-state index in [-0.39, 0.29) is 0 Å². The van der Waals surface area contributed by atoms with Gasteiger partial charge in [0.05, 0.1) is 12.4 Å². The van der Waals surface area contributed by atoms with E-state index in [0.717, 1.165) is 0 Å². The molecule has 0 radical (unpaired) electrons. The SMILES string of the molecule is c1[nH]nnc1-c1c[nH]nn1.c1ccc2sccc2c1.c1ccc2sccc2c1. The number of hydrogen-bond donors (Lipinski definition) is 2. The number of fused-ring (bicyclic) bond motifs is 2. The van der Waals surface area contributed by atoms with Crippen molar-refractivity contribution in [3.8, 4) is 11.4 Å². The Hall–Kier alpha value is -3.36. The second kappa shape index (κ2) is 9.03. The van der Waals surface area contributed by atoms with E-state index in [0.29, 0.717) is 11.4 Å². The highest BCUT2D eigenvalue weighted by molar-refractivity contribution is 7.17. The van der Waals surface area contributed by atoms with Gasteiger partial charge in [0, 0.05) is 9.40 Å². The molecule has 8 heteroatoms. The number of hydrogen-bond acceptors (Lipinski definition) is 6. The van der Waals surface area contributed by atoms with E-state index in [9.17, 15) is 0 Å². The van der Waals surface area contributed by atoms with Gasteiger partial charge in [-0.25, -0.2) is 0 Å². The van der Waals surface area contributed by atoms with Crippen molar-refractivity contribution in [3.63, 3.8) is 0 Å². The third kappa shape index (κ3) is 4.48. The molecule has 0 bridgehead atoms. The van der Waals surface area contributed by atoms with Gasteiger partial charge in [0.25, 0.3) is 0 Å². The van der Waals surface area contributed by atoms with Crippen molar-refractivity contribution in [3.05, 3.63) is 83.8 Å². The van der Waals surface area contributed by atoms with E-state index in [1.165, 1.54) is 20.2 Å². The minimum Gasteiger partial charge on any atom is -0.265 e. The zero-order chi connectivity index (χ0) is 19.0. The molecule has 2 aromatic carbocycles. The molecule has 138 valence electrons. The Morgan fingerprint density at radius 1 is 0.571 bits per heavy atom. The number of nitrogens with zero attached hydrogens (tertiary/aromatic N) is 4. The first-order chi connectivity index (χ1) is 13.9. The smallest absolute Gasteiger partial charge is 0.134 e. The second-order valence-electron chi connectivity index (χ2n) is 5.63. The molecule has 0 aliphatic carbocycles. The van der Waals surface area contributed by atoms with E-state index in [1.807, 2.05) is 0 Å². The summed E-state index contributed by atoms with van der Waals surface area (Å²) < 4.78 is 2.75. The fourth-order valence-corrected chi connectivity index (χ4v) is 4.05. The predicted octanol–water partition coefficient (Wildman–Crippen LogP) is 5.39. The van der Waals surface area contributed by atoms with Crippen LogP contribution in [0.15, 0.2) is 83.8 Å². The number of aromatic nitrogens is 6. The van der Waals surface area contributed by atoms with Crippen molar-refractivity contribution in [1.82, 2.24) is 30.8 Å². The first-order valence-electron chi connectivity index (χ1n) is 8.48. The van der Waals surface area contributed by atoms with Gasteiger partial charge in [-0.2, -0.15) is 0 Å². The summed E-state index contributed by atoms with van der Waals surface area (Å²) >= 11 is 3.57. The highest BCUT2D eigenvalue weighted by Crippen LogP contribution is 2.19. The average molecular weight is 405 g/mol. The number of nitrogens with one attached hydrogen (secondary N) is 2. The van der Waals surface area contributed by atoms with E-state index in [1.54, 1.807) is 35.1 Å². The van der Waals surface area contributed by atoms with Gasteiger partial charge < -0.3 is 0 Å². The van der Waals surface area contributed by atoms with Crippen LogP contribution in [0.3, 0.4) is 0 Å². The third-order valence-corrected chi connectivity index (χ3v) is 5.61. The van der Waals surface area contributed by atoms with Crippen LogP contribution in [0.25, 0.3) is 31.6 Å². The van der Waals surface area contributed by atoms with Gasteiger partial charge in [-0.15, -0.1) is 32.9 Å². The van der Waals surface area contributed by atoms with E-state index in [2.05, 4.69) is 102 Å². The number of benzene rings is 2. The van der Waals surface area contributed by atoms with Gasteiger partial charge in [0.2, 0.25) is 0 Å². The van der Waals surface area contributed by atoms with Gasteiger partial charge >= 0.3 is 0 Å². The molecule has 4 heterocycles. The normalized spacial score (nSPS) is 10.1. The lowest BCUT2D eigenvalue weighted by molar-refractivity contribution is 0.930. The van der Waals surface area contributed by atoms with Crippen molar-refractivity contribution >= 4 is 42.8 Å². The van der Waals surface area contributed by atoms with Crippen molar-refractivity contribution in [1.29, 1.82) is 0 Å². The summed E-state index contributed by atoms with van der Waals surface area (Å²) in [7, 11) is 0. The Morgan fingerprint density at radius 2 is 1.04 bits per heavy atom. The Labute approximate surface area is 168 Å². The van der Waals surface area contributed by atoms with E-state index in [4.69, 9.17) is 0 Å². The molecular formula is C20H16N6S2. The molecule has 6 rings (SSSR count). The lowest BCUT2D eigenvalue weighted by atomic mass is 10.3. The van der Waals surface area contributed by atoms with Crippen molar-refractivity contribution in [2.24, 2.45) is 0 Å². The Balaban J connectivity index is 0.000000103. The molecule has 6 aromatic rings. The number of thiophene rings is 2. The van der Waals surface area contributed by atoms with Crippen LogP contribution in [-0.4, -0.2) is 30.8 Å². The molecule has 2 N–H and O–H groups in total. The van der Waals surface area contributed by atoms with Gasteiger partial charge in [0.15, 0.2) is 0 Å². The monoisotopic (exact) mass is 404 g/mol. The van der Waals surface area contributed by atoms with Gasteiger partial charge in [-0.1, -0.05) is 46.8 Å².